The van der Waals surface area contributed by atoms with Gasteiger partial charge >= 0.3 is 0 Å². The molecule has 2 aromatic carbocycles. The average Bonchev–Trinajstić information content (AvgIpc) is 2.88. The second kappa shape index (κ2) is 12.7. The van der Waals surface area contributed by atoms with Gasteiger partial charge in [0, 0.05) is 55.2 Å². The Morgan fingerprint density at radius 1 is 1.03 bits per heavy atom. The summed E-state index contributed by atoms with van der Waals surface area (Å²) in [7, 11) is -5.05. The second-order valence-electron chi connectivity index (χ2n) is 9.44. The molecule has 0 radical (unpaired) electrons. The van der Waals surface area contributed by atoms with Gasteiger partial charge in [-0.2, -0.15) is 0 Å². The predicted molar refractivity (Wildman–Crippen MR) is 152 cm³/mol. The van der Waals surface area contributed by atoms with E-state index in [0.29, 0.717) is 16.3 Å². The van der Waals surface area contributed by atoms with Crippen LogP contribution in [0.4, 0.5) is 17.1 Å². The lowest BCUT2D eigenvalue weighted by Crippen LogP contribution is -2.43. The van der Waals surface area contributed by atoms with E-state index in [1.165, 1.54) is 7.05 Å². The van der Waals surface area contributed by atoms with Crippen molar-refractivity contribution in [1.29, 1.82) is 4.78 Å². The van der Waals surface area contributed by atoms with Crippen LogP contribution < -0.4 is 19.8 Å². The maximum Gasteiger partial charge on any atom is 0.257 e. The zero-order valence-corrected chi connectivity index (χ0v) is 23.6. The zero-order valence-electron chi connectivity index (χ0n) is 22.0. The molecule has 1 fully saturated rings. The summed E-state index contributed by atoms with van der Waals surface area (Å²) in [5.74, 6) is -0.125. The number of carbonyl (C=O) groups is 1. The van der Waals surface area contributed by atoms with Crippen LogP contribution in [0.3, 0.4) is 0 Å². The minimum atomic E-state index is -3.58. The van der Waals surface area contributed by atoms with Gasteiger partial charge in [0.05, 0.1) is 27.2 Å². The third-order valence-corrected chi connectivity index (χ3v) is 9.66. The molecule has 1 aliphatic rings. The van der Waals surface area contributed by atoms with Crippen LogP contribution in [-0.4, -0.2) is 63.8 Å². The van der Waals surface area contributed by atoms with Gasteiger partial charge in [-0.05, 0) is 48.9 Å². The van der Waals surface area contributed by atoms with E-state index in [0.717, 1.165) is 74.5 Å². The number of rotatable bonds is 12. The molecule has 1 aliphatic heterocycles. The van der Waals surface area contributed by atoms with Gasteiger partial charge in [0.15, 0.2) is 0 Å². The first-order chi connectivity index (χ1) is 17.5. The molecule has 0 aromatic heterocycles. The van der Waals surface area contributed by atoms with E-state index < -0.39 is 25.7 Å². The maximum absolute atomic E-state index is 13.4. The number of carbonyl (C=O) groups excluding carboxylic acids is 1. The Morgan fingerprint density at radius 3 is 2.30 bits per heavy atom. The van der Waals surface area contributed by atoms with Crippen LogP contribution >= 0.6 is 0 Å². The molecule has 9 nitrogen and oxygen atoms in total. The Morgan fingerprint density at radius 2 is 1.68 bits per heavy atom. The van der Waals surface area contributed by atoms with E-state index in [4.69, 9.17) is 4.78 Å². The molecule has 1 heterocycles. The number of piperazine rings is 1. The zero-order chi connectivity index (χ0) is 27.1. The fraction of sp³-hybridized carbons (Fsp3) is 0.500. The van der Waals surface area contributed by atoms with Crippen molar-refractivity contribution >= 4 is 42.7 Å². The predicted octanol–water partition coefficient (Wildman–Crippen LogP) is 4.12. The molecule has 1 saturated heterocycles. The summed E-state index contributed by atoms with van der Waals surface area (Å²) in [6.45, 7) is 5.37. The van der Waals surface area contributed by atoms with Gasteiger partial charge in [-0.15, -0.1) is 0 Å². The molecular weight excluding hydrogens is 510 g/mol. The number of anilines is 3. The van der Waals surface area contributed by atoms with Crippen molar-refractivity contribution in [2.45, 2.75) is 43.9 Å². The van der Waals surface area contributed by atoms with E-state index in [1.54, 1.807) is 36.4 Å². The Hall–Kier alpha value is -2.63. The lowest BCUT2D eigenvalue weighted by molar-refractivity contribution is 0.102. The SMILES string of the molecule is CCCCCCC[S@](=N)(=O)c1ccc(NC(=O)c2cc(N3CCNCC3)ccc2N(C)S(C)(=O)=O)cc1. The van der Waals surface area contributed by atoms with Crippen LogP contribution in [0.15, 0.2) is 47.4 Å². The molecule has 0 unspecified atom stereocenters. The highest BCUT2D eigenvalue weighted by Crippen LogP contribution is 2.29. The Balaban J connectivity index is 1.79. The van der Waals surface area contributed by atoms with Crippen molar-refractivity contribution in [3.8, 4) is 0 Å². The fourth-order valence-electron chi connectivity index (χ4n) is 4.26. The molecule has 0 bridgehead atoms. The van der Waals surface area contributed by atoms with E-state index in [9.17, 15) is 17.4 Å². The summed E-state index contributed by atoms with van der Waals surface area (Å²) in [6, 6.07) is 11.7. The van der Waals surface area contributed by atoms with E-state index in [-0.39, 0.29) is 11.3 Å². The topological polar surface area (TPSA) is 123 Å². The summed E-state index contributed by atoms with van der Waals surface area (Å²) in [6.07, 6.45) is 6.18. The monoisotopic (exact) mass is 549 g/mol. The van der Waals surface area contributed by atoms with Gasteiger partial charge in [0.1, 0.15) is 0 Å². The number of nitrogens with one attached hydrogen (secondary N) is 3. The van der Waals surface area contributed by atoms with Crippen molar-refractivity contribution in [1.82, 2.24) is 5.32 Å². The molecule has 0 spiro atoms. The highest BCUT2D eigenvalue weighted by atomic mass is 32.2. The first-order valence-electron chi connectivity index (χ1n) is 12.7. The number of unbranched alkanes of at least 4 members (excludes halogenated alkanes) is 4. The molecule has 3 rings (SSSR count). The minimum Gasteiger partial charge on any atom is -0.369 e. The number of hydrogen-bond donors (Lipinski definition) is 3. The van der Waals surface area contributed by atoms with Crippen LogP contribution in [0, 0.1) is 4.78 Å². The average molecular weight is 550 g/mol. The van der Waals surface area contributed by atoms with E-state index in [2.05, 4.69) is 22.5 Å². The Labute approximate surface area is 221 Å². The number of hydrogen-bond acceptors (Lipinski definition) is 7. The van der Waals surface area contributed by atoms with Crippen molar-refractivity contribution < 1.29 is 17.4 Å². The largest absolute Gasteiger partial charge is 0.369 e. The third kappa shape index (κ3) is 7.93. The van der Waals surface area contributed by atoms with Gasteiger partial charge in [-0.3, -0.25) is 9.10 Å². The summed E-state index contributed by atoms with van der Waals surface area (Å²) >= 11 is 0. The fourth-order valence-corrected chi connectivity index (χ4v) is 6.20. The van der Waals surface area contributed by atoms with Crippen molar-refractivity contribution in [3.05, 3.63) is 48.0 Å². The smallest absolute Gasteiger partial charge is 0.257 e. The summed E-state index contributed by atoms with van der Waals surface area (Å²) < 4.78 is 46.8. The Kier molecular flexibility index (Phi) is 9.97. The van der Waals surface area contributed by atoms with Crippen molar-refractivity contribution in [2.75, 3.05) is 59.8 Å². The number of sulfonamides is 1. The molecule has 2 aromatic rings. The van der Waals surface area contributed by atoms with Crippen LogP contribution in [0.5, 0.6) is 0 Å². The van der Waals surface area contributed by atoms with Crippen molar-refractivity contribution in [3.63, 3.8) is 0 Å². The quantitative estimate of drug-likeness (QED) is 0.342. The third-order valence-electron chi connectivity index (χ3n) is 6.57. The van der Waals surface area contributed by atoms with Crippen LogP contribution in [0.25, 0.3) is 0 Å². The lowest BCUT2D eigenvalue weighted by atomic mass is 10.1. The first kappa shape index (κ1) is 28.9. The molecule has 3 N–H and O–H groups in total. The molecule has 1 atom stereocenters. The van der Waals surface area contributed by atoms with Crippen LogP contribution in [-0.2, 0) is 19.8 Å². The van der Waals surface area contributed by atoms with Crippen molar-refractivity contribution in [2.24, 2.45) is 0 Å². The standard InChI is InChI=1S/C26H39N5O4S2/c1-4-5-6-7-8-19-37(27,35)23-12-9-21(10-13-23)29-26(32)24-20-22(31-17-15-28-16-18-31)11-14-25(24)30(2)36(3,33)34/h9-14,20,27-28H,4-8,15-19H2,1-3H3,(H,29,32)/t37-/m0/s1. The normalized spacial score (nSPS) is 15.7. The molecule has 0 aliphatic carbocycles. The molecule has 37 heavy (non-hydrogen) atoms. The van der Waals surface area contributed by atoms with Crippen LogP contribution in [0.2, 0.25) is 0 Å². The van der Waals surface area contributed by atoms with Gasteiger partial charge in [0.25, 0.3) is 5.91 Å². The van der Waals surface area contributed by atoms with Gasteiger partial charge in [-0.1, -0.05) is 32.6 Å². The van der Waals surface area contributed by atoms with Gasteiger partial charge in [-0.25, -0.2) is 17.4 Å². The van der Waals surface area contributed by atoms with Crippen LogP contribution in [0.1, 0.15) is 49.4 Å². The molecule has 1 amide bonds. The van der Waals surface area contributed by atoms with Gasteiger partial charge in [0.2, 0.25) is 10.0 Å². The summed E-state index contributed by atoms with van der Waals surface area (Å²) in [5, 5.41) is 6.13. The molecular formula is C26H39N5O4S2. The van der Waals surface area contributed by atoms with E-state index in [1.807, 2.05) is 6.07 Å². The highest BCUT2D eigenvalue weighted by Gasteiger charge is 2.22. The highest BCUT2D eigenvalue weighted by molar-refractivity contribution is 7.92. The minimum absolute atomic E-state index is 0.240. The lowest BCUT2D eigenvalue weighted by Gasteiger charge is -2.30. The summed E-state index contributed by atoms with van der Waals surface area (Å²) in [5.41, 5.74) is 1.85. The number of benzene rings is 2. The first-order valence-corrected chi connectivity index (χ1v) is 16.3. The molecule has 204 valence electrons. The number of amides is 1. The summed E-state index contributed by atoms with van der Waals surface area (Å²) in [4.78, 5) is 15.9. The Bertz CT molecular complexity index is 1270. The second-order valence-corrected chi connectivity index (χ2v) is 13.7. The van der Waals surface area contributed by atoms with Gasteiger partial charge < -0.3 is 15.5 Å². The molecule has 0 saturated carbocycles. The van der Waals surface area contributed by atoms with E-state index >= 15 is 0 Å². The molecule has 11 heteroatoms. The maximum atomic E-state index is 13.4. The number of nitrogens with zero attached hydrogens (tertiary/aromatic N) is 2.